The van der Waals surface area contributed by atoms with Gasteiger partial charge in [0, 0.05) is 6.07 Å². The molecule has 0 bridgehead atoms. The van der Waals surface area contributed by atoms with Gasteiger partial charge in [-0.15, -0.1) is 0 Å². The second kappa shape index (κ2) is 7.57. The first-order valence-electron chi connectivity index (χ1n) is 9.43. The summed E-state index contributed by atoms with van der Waals surface area (Å²) in [5.74, 6) is -0.408. The molecule has 5 rings (SSSR count). The van der Waals surface area contributed by atoms with Gasteiger partial charge in [0.1, 0.15) is 5.58 Å². The molecule has 0 atom stereocenters. The predicted octanol–water partition coefficient (Wildman–Crippen LogP) is 5.25. The molecule has 30 heavy (non-hydrogen) atoms. The van der Waals surface area contributed by atoms with Crippen molar-refractivity contribution >= 4 is 43.6 Å². The third-order valence-electron chi connectivity index (χ3n) is 4.79. The van der Waals surface area contributed by atoms with Gasteiger partial charge in [-0.05, 0) is 29.8 Å². The molecular weight excluding hydrogens is 396 g/mol. The lowest BCUT2D eigenvalue weighted by Crippen LogP contribution is -2.31. The monoisotopic (exact) mass is 412 g/mol. The minimum atomic E-state index is -0.402. The molecule has 1 amide bonds. The van der Waals surface area contributed by atoms with Crippen molar-refractivity contribution in [3.8, 4) is 0 Å². The summed E-state index contributed by atoms with van der Waals surface area (Å²) >= 11 is 1.43. The Bertz CT molecular complexity index is 1390. The van der Waals surface area contributed by atoms with Gasteiger partial charge in [-0.3, -0.25) is 14.5 Å². The van der Waals surface area contributed by atoms with Gasteiger partial charge >= 0.3 is 0 Å². The van der Waals surface area contributed by atoms with E-state index in [0.717, 1.165) is 15.8 Å². The number of amides is 1. The number of fused-ring (bicyclic) bond motifs is 2. The number of rotatable bonds is 4. The molecule has 0 aliphatic carbocycles. The zero-order chi connectivity index (χ0) is 20.5. The van der Waals surface area contributed by atoms with Gasteiger partial charge in [-0.25, -0.2) is 4.98 Å². The van der Waals surface area contributed by atoms with Gasteiger partial charge < -0.3 is 4.42 Å². The van der Waals surface area contributed by atoms with E-state index in [4.69, 9.17) is 4.42 Å². The van der Waals surface area contributed by atoms with Crippen molar-refractivity contribution in [1.29, 1.82) is 0 Å². The number of carbonyl (C=O) groups excluding carboxylic acids is 1. The van der Waals surface area contributed by atoms with Crippen LogP contribution in [0.2, 0.25) is 0 Å². The maximum Gasteiger partial charge on any atom is 0.296 e. The highest BCUT2D eigenvalue weighted by molar-refractivity contribution is 7.22. The van der Waals surface area contributed by atoms with Crippen molar-refractivity contribution < 1.29 is 9.21 Å². The quantitative estimate of drug-likeness (QED) is 0.404. The van der Waals surface area contributed by atoms with Crippen LogP contribution in [0.15, 0.2) is 94.1 Å². The standard InChI is InChI=1S/C24H16N2O3S/c27-19-14-21(29-20-12-6-4-10-17(19)20)23(28)26(15-16-8-2-1-3-9-16)24-25-18-11-5-7-13-22(18)30-24/h1-14H,15H2. The summed E-state index contributed by atoms with van der Waals surface area (Å²) < 4.78 is 6.79. The molecule has 0 saturated heterocycles. The zero-order valence-electron chi connectivity index (χ0n) is 15.8. The lowest BCUT2D eigenvalue weighted by molar-refractivity contribution is 0.0959. The Kier molecular flexibility index (Phi) is 4.61. The highest BCUT2D eigenvalue weighted by Gasteiger charge is 2.24. The van der Waals surface area contributed by atoms with Crippen LogP contribution in [0, 0.1) is 0 Å². The summed E-state index contributed by atoms with van der Waals surface area (Å²) in [5.41, 5.74) is 1.91. The molecule has 0 unspecified atom stereocenters. The normalized spacial score (nSPS) is 11.1. The zero-order valence-corrected chi connectivity index (χ0v) is 16.6. The van der Waals surface area contributed by atoms with Crippen molar-refractivity contribution in [3.05, 3.63) is 106 Å². The van der Waals surface area contributed by atoms with Gasteiger partial charge in [0.05, 0.1) is 22.1 Å². The number of anilines is 1. The molecule has 0 saturated carbocycles. The largest absolute Gasteiger partial charge is 0.451 e. The number of thiazole rings is 1. The Hall–Kier alpha value is -3.77. The number of para-hydroxylation sites is 2. The summed E-state index contributed by atoms with van der Waals surface area (Å²) in [6.07, 6.45) is 0. The van der Waals surface area contributed by atoms with Gasteiger partial charge in [0.25, 0.3) is 5.91 Å². The molecule has 146 valence electrons. The fourth-order valence-electron chi connectivity index (χ4n) is 3.31. The van der Waals surface area contributed by atoms with E-state index in [9.17, 15) is 9.59 Å². The highest BCUT2D eigenvalue weighted by atomic mass is 32.1. The Morgan fingerprint density at radius 3 is 2.50 bits per heavy atom. The van der Waals surface area contributed by atoms with Crippen LogP contribution in [0.5, 0.6) is 0 Å². The van der Waals surface area contributed by atoms with Crippen LogP contribution in [0.3, 0.4) is 0 Å². The van der Waals surface area contributed by atoms with Crippen molar-refractivity contribution in [2.24, 2.45) is 0 Å². The first kappa shape index (κ1) is 18.3. The molecule has 2 heterocycles. The van der Waals surface area contributed by atoms with Crippen LogP contribution in [0.1, 0.15) is 16.1 Å². The SMILES string of the molecule is O=C(c1cc(=O)c2ccccc2o1)N(Cc1ccccc1)c1nc2ccccc2s1. The van der Waals surface area contributed by atoms with Crippen molar-refractivity contribution in [3.63, 3.8) is 0 Å². The lowest BCUT2D eigenvalue weighted by atomic mass is 10.2. The Morgan fingerprint density at radius 1 is 0.933 bits per heavy atom. The van der Waals surface area contributed by atoms with E-state index in [1.54, 1.807) is 29.2 Å². The van der Waals surface area contributed by atoms with Gasteiger partial charge in [0.2, 0.25) is 0 Å². The lowest BCUT2D eigenvalue weighted by Gasteiger charge is -2.19. The first-order valence-corrected chi connectivity index (χ1v) is 10.2. The highest BCUT2D eigenvalue weighted by Crippen LogP contribution is 2.31. The topological polar surface area (TPSA) is 63.4 Å². The van der Waals surface area contributed by atoms with E-state index in [0.29, 0.717) is 22.6 Å². The summed E-state index contributed by atoms with van der Waals surface area (Å²) in [6.45, 7) is 0.316. The molecule has 0 fully saturated rings. The fraction of sp³-hybridized carbons (Fsp3) is 0.0417. The van der Waals surface area contributed by atoms with Crippen LogP contribution in [-0.4, -0.2) is 10.9 Å². The first-order chi connectivity index (χ1) is 14.7. The van der Waals surface area contributed by atoms with Crippen molar-refractivity contribution in [1.82, 2.24) is 4.98 Å². The third-order valence-corrected chi connectivity index (χ3v) is 5.85. The minimum absolute atomic E-state index is 0.00566. The minimum Gasteiger partial charge on any atom is -0.451 e. The molecular formula is C24H16N2O3S. The summed E-state index contributed by atoms with van der Waals surface area (Å²) in [7, 11) is 0. The maximum absolute atomic E-state index is 13.5. The number of hydrogen-bond donors (Lipinski definition) is 0. The number of carbonyl (C=O) groups is 1. The second-order valence-corrected chi connectivity index (χ2v) is 7.82. The fourth-order valence-corrected chi connectivity index (χ4v) is 4.27. The van der Waals surface area contributed by atoms with Crippen LogP contribution in [0.4, 0.5) is 5.13 Å². The van der Waals surface area contributed by atoms with Gasteiger partial charge in [-0.1, -0.05) is 65.9 Å². The Balaban J connectivity index is 1.62. The Morgan fingerprint density at radius 2 is 1.67 bits per heavy atom. The molecule has 5 nitrogen and oxygen atoms in total. The molecule has 3 aromatic carbocycles. The van der Waals surface area contributed by atoms with E-state index in [2.05, 4.69) is 4.98 Å². The molecule has 2 aromatic heterocycles. The van der Waals surface area contributed by atoms with Crippen LogP contribution >= 0.6 is 11.3 Å². The molecule has 6 heteroatoms. The Labute approximate surface area is 175 Å². The van der Waals surface area contributed by atoms with E-state index in [1.807, 2.05) is 54.6 Å². The average Bonchev–Trinajstić information content (AvgIpc) is 3.22. The van der Waals surface area contributed by atoms with Crippen LogP contribution < -0.4 is 10.3 Å². The molecule has 0 aliphatic rings. The number of aromatic nitrogens is 1. The summed E-state index contributed by atoms with van der Waals surface area (Å²) in [6, 6.07) is 25.6. The third kappa shape index (κ3) is 3.38. The molecule has 0 spiro atoms. The van der Waals surface area contributed by atoms with Gasteiger partial charge in [0.15, 0.2) is 16.3 Å². The van der Waals surface area contributed by atoms with E-state index < -0.39 is 5.91 Å². The van der Waals surface area contributed by atoms with E-state index >= 15 is 0 Å². The second-order valence-electron chi connectivity index (χ2n) is 6.81. The molecule has 0 N–H and O–H groups in total. The van der Waals surface area contributed by atoms with E-state index in [-0.39, 0.29) is 11.2 Å². The molecule has 0 aliphatic heterocycles. The van der Waals surface area contributed by atoms with Crippen LogP contribution in [-0.2, 0) is 6.54 Å². The molecule has 0 radical (unpaired) electrons. The van der Waals surface area contributed by atoms with Gasteiger partial charge in [-0.2, -0.15) is 0 Å². The van der Waals surface area contributed by atoms with Crippen LogP contribution in [0.25, 0.3) is 21.2 Å². The molecule has 5 aromatic rings. The summed E-state index contributed by atoms with van der Waals surface area (Å²) in [5, 5.41) is 1.00. The van der Waals surface area contributed by atoms with Crippen molar-refractivity contribution in [2.75, 3.05) is 4.90 Å². The average molecular weight is 412 g/mol. The van der Waals surface area contributed by atoms with E-state index in [1.165, 1.54) is 17.4 Å². The number of benzene rings is 3. The maximum atomic E-state index is 13.5. The number of hydrogen-bond acceptors (Lipinski definition) is 5. The summed E-state index contributed by atoms with van der Waals surface area (Å²) in [4.78, 5) is 32.2. The predicted molar refractivity (Wildman–Crippen MR) is 119 cm³/mol. The van der Waals surface area contributed by atoms with Crippen molar-refractivity contribution in [2.45, 2.75) is 6.54 Å². The number of nitrogens with zero attached hydrogens (tertiary/aromatic N) is 2. The smallest absolute Gasteiger partial charge is 0.296 e.